The Morgan fingerprint density at radius 1 is 0.820 bits per heavy atom. The first-order valence-corrected chi connectivity index (χ1v) is 17.8. The lowest BCUT2D eigenvalue weighted by Crippen LogP contribution is -2.50. The van der Waals surface area contributed by atoms with Gasteiger partial charge in [-0.3, -0.25) is 9.63 Å². The molecule has 262 valence electrons. The fourth-order valence-electron chi connectivity index (χ4n) is 6.02. The molecule has 0 spiro atoms. The summed E-state index contributed by atoms with van der Waals surface area (Å²) in [6.45, 7) is 8.19. The number of hydrogen-bond donors (Lipinski definition) is 2. The molecular weight excluding hydrogens is 671 g/mol. The van der Waals surface area contributed by atoms with Gasteiger partial charge in [-0.2, -0.15) is 0 Å². The average Bonchev–Trinajstić information content (AvgIpc) is 3.43. The zero-order valence-corrected chi connectivity index (χ0v) is 30.4. The van der Waals surface area contributed by atoms with Crippen molar-refractivity contribution in [3.8, 4) is 0 Å². The zero-order chi connectivity index (χ0) is 35.7. The molecule has 1 unspecified atom stereocenters. The molecule has 0 aliphatic carbocycles. The molecule has 0 aliphatic rings. The van der Waals surface area contributed by atoms with Crippen molar-refractivity contribution in [2.75, 3.05) is 0 Å². The number of hydroxylamine groups is 1. The minimum absolute atomic E-state index is 0.210. The summed E-state index contributed by atoms with van der Waals surface area (Å²) in [5.74, 6) is 0.217. The van der Waals surface area contributed by atoms with Crippen molar-refractivity contribution >= 4 is 46.2 Å². The lowest BCUT2D eigenvalue weighted by molar-refractivity contribution is -0.145. The first kappa shape index (κ1) is 36.9. The van der Waals surface area contributed by atoms with E-state index in [-0.39, 0.29) is 6.42 Å². The van der Waals surface area contributed by atoms with Gasteiger partial charge < -0.3 is 14.6 Å². The number of carbonyl (C=O) groups excluding carboxylic acids is 2. The van der Waals surface area contributed by atoms with E-state index in [0.717, 1.165) is 53.8 Å². The second-order valence-corrected chi connectivity index (χ2v) is 14.0. The van der Waals surface area contributed by atoms with Crippen LogP contribution < -0.4 is 10.8 Å². The third-order valence-electron chi connectivity index (χ3n) is 8.36. The van der Waals surface area contributed by atoms with E-state index in [1.807, 2.05) is 97.1 Å². The predicted octanol–water partition coefficient (Wildman–Crippen LogP) is 9.40. The van der Waals surface area contributed by atoms with Crippen LogP contribution in [-0.4, -0.2) is 33.2 Å². The molecule has 0 saturated carbocycles. The van der Waals surface area contributed by atoms with Crippen LogP contribution in [0.25, 0.3) is 11.0 Å². The van der Waals surface area contributed by atoms with Crippen LogP contribution in [0.4, 0.5) is 4.79 Å². The van der Waals surface area contributed by atoms with Gasteiger partial charge in [-0.25, -0.2) is 15.3 Å². The summed E-state index contributed by atoms with van der Waals surface area (Å²) in [6.07, 6.45) is 2.92. The molecule has 0 radical (unpaired) electrons. The van der Waals surface area contributed by atoms with Crippen molar-refractivity contribution in [2.45, 2.75) is 83.6 Å². The van der Waals surface area contributed by atoms with Gasteiger partial charge in [0.25, 0.3) is 5.91 Å². The standard InChI is InChI=1S/C40H44Cl2N4O4/c1-5-6-16-25-46-35-27-32(42)31(41)26-34(35)43-36(46)24-23-33(44-38(48)49-39(2,3)4)37(47)45-50-40(28-17-10-7-11-18-28,29-19-12-8-13-20-29)30-21-14-9-15-22-30/h7-15,17-22,26-27,33H,5-6,16,23-25H2,1-4H3,(H,44,48)(H,45,47). The van der Waals surface area contributed by atoms with E-state index in [1.165, 1.54) is 0 Å². The number of amides is 2. The van der Waals surface area contributed by atoms with Crippen molar-refractivity contribution in [1.82, 2.24) is 20.3 Å². The molecule has 0 bridgehead atoms. The Bertz CT molecular complexity index is 1780. The molecule has 1 atom stereocenters. The number of imidazole rings is 1. The van der Waals surface area contributed by atoms with Crippen LogP contribution in [0.3, 0.4) is 0 Å². The van der Waals surface area contributed by atoms with Crippen LogP contribution in [0.5, 0.6) is 0 Å². The number of ether oxygens (including phenoxy) is 1. The molecule has 5 aromatic rings. The smallest absolute Gasteiger partial charge is 0.408 e. The fraction of sp³-hybridized carbons (Fsp3) is 0.325. The Labute approximate surface area is 304 Å². The summed E-state index contributed by atoms with van der Waals surface area (Å²) < 4.78 is 7.69. The SMILES string of the molecule is CCCCCn1c(CCC(NC(=O)OC(C)(C)C)C(=O)NOC(c2ccccc2)(c2ccccc2)c2ccccc2)nc2cc(Cl)c(Cl)cc21. The summed E-state index contributed by atoms with van der Waals surface area (Å²) in [4.78, 5) is 38.8. The van der Waals surface area contributed by atoms with Crippen LogP contribution in [-0.2, 0) is 32.9 Å². The molecule has 0 fully saturated rings. The summed E-state index contributed by atoms with van der Waals surface area (Å²) in [7, 11) is 0. The molecule has 1 heterocycles. The maximum Gasteiger partial charge on any atom is 0.408 e. The first-order chi connectivity index (χ1) is 24.0. The number of rotatable bonds is 14. The fourth-order valence-corrected chi connectivity index (χ4v) is 6.33. The third kappa shape index (κ3) is 8.85. The molecular formula is C40H44Cl2N4O4. The largest absolute Gasteiger partial charge is 0.444 e. The van der Waals surface area contributed by atoms with E-state index in [2.05, 4.69) is 22.3 Å². The number of alkyl carbamates (subject to hydrolysis) is 1. The Kier molecular flexibility index (Phi) is 12.2. The normalized spacial score (nSPS) is 12.4. The summed E-state index contributed by atoms with van der Waals surface area (Å²) in [6, 6.07) is 31.7. The van der Waals surface area contributed by atoms with Gasteiger partial charge in [0.1, 0.15) is 17.5 Å². The number of halogens is 2. The van der Waals surface area contributed by atoms with Crippen molar-refractivity contribution in [3.63, 3.8) is 0 Å². The average molecular weight is 716 g/mol. The number of unbranched alkanes of at least 4 members (excludes halogenated alkanes) is 2. The van der Waals surface area contributed by atoms with E-state index < -0.39 is 29.2 Å². The van der Waals surface area contributed by atoms with Gasteiger partial charge in [0, 0.05) is 13.0 Å². The van der Waals surface area contributed by atoms with Crippen LogP contribution >= 0.6 is 23.2 Å². The van der Waals surface area contributed by atoms with E-state index >= 15 is 0 Å². The van der Waals surface area contributed by atoms with E-state index in [4.69, 9.17) is 37.8 Å². The van der Waals surface area contributed by atoms with Gasteiger partial charge >= 0.3 is 6.09 Å². The van der Waals surface area contributed by atoms with Crippen LogP contribution in [0.1, 0.15) is 75.9 Å². The van der Waals surface area contributed by atoms with Crippen molar-refractivity contribution in [2.24, 2.45) is 0 Å². The minimum Gasteiger partial charge on any atom is -0.444 e. The quantitative estimate of drug-likeness (QED) is 0.0679. The number of nitrogens with zero attached hydrogens (tertiary/aromatic N) is 2. The van der Waals surface area contributed by atoms with Crippen molar-refractivity contribution < 1.29 is 19.2 Å². The molecule has 50 heavy (non-hydrogen) atoms. The lowest BCUT2D eigenvalue weighted by Gasteiger charge is -2.35. The maximum absolute atomic E-state index is 14.2. The summed E-state index contributed by atoms with van der Waals surface area (Å²) in [5.41, 5.74) is 4.80. The molecule has 2 N–H and O–H groups in total. The highest BCUT2D eigenvalue weighted by atomic mass is 35.5. The number of aryl methyl sites for hydroxylation is 2. The van der Waals surface area contributed by atoms with Gasteiger partial charge in [0.2, 0.25) is 0 Å². The summed E-state index contributed by atoms with van der Waals surface area (Å²) >= 11 is 12.8. The highest BCUT2D eigenvalue weighted by Gasteiger charge is 2.40. The van der Waals surface area contributed by atoms with E-state index in [1.54, 1.807) is 26.8 Å². The molecule has 5 rings (SSSR count). The van der Waals surface area contributed by atoms with Crippen molar-refractivity contribution in [1.29, 1.82) is 0 Å². The van der Waals surface area contributed by atoms with E-state index in [0.29, 0.717) is 22.0 Å². The minimum atomic E-state index is -1.21. The third-order valence-corrected chi connectivity index (χ3v) is 9.09. The molecule has 8 nitrogen and oxygen atoms in total. The number of nitrogens with one attached hydrogen (secondary N) is 2. The highest BCUT2D eigenvalue weighted by Crippen LogP contribution is 2.39. The molecule has 0 aliphatic heterocycles. The van der Waals surface area contributed by atoms with Gasteiger partial charge in [0.15, 0.2) is 5.60 Å². The molecule has 4 aromatic carbocycles. The second kappa shape index (κ2) is 16.6. The summed E-state index contributed by atoms with van der Waals surface area (Å²) in [5, 5.41) is 3.66. The molecule has 2 amide bonds. The van der Waals surface area contributed by atoms with E-state index in [9.17, 15) is 9.59 Å². The van der Waals surface area contributed by atoms with Crippen LogP contribution in [0.15, 0.2) is 103 Å². The lowest BCUT2D eigenvalue weighted by atomic mass is 9.80. The first-order valence-electron chi connectivity index (χ1n) is 17.0. The van der Waals surface area contributed by atoms with Gasteiger partial charge in [-0.1, -0.05) is 134 Å². The van der Waals surface area contributed by atoms with Crippen molar-refractivity contribution in [3.05, 3.63) is 136 Å². The van der Waals surface area contributed by atoms with Crippen LogP contribution in [0.2, 0.25) is 10.0 Å². The Morgan fingerprint density at radius 3 is 1.88 bits per heavy atom. The maximum atomic E-state index is 14.2. The molecule has 10 heteroatoms. The number of carbonyl (C=O) groups is 2. The molecule has 1 aromatic heterocycles. The Hall–Kier alpha value is -4.37. The zero-order valence-electron chi connectivity index (χ0n) is 28.9. The number of fused-ring (bicyclic) bond motifs is 1. The molecule has 0 saturated heterocycles. The second-order valence-electron chi connectivity index (χ2n) is 13.2. The van der Waals surface area contributed by atoms with Gasteiger partial charge in [-0.05, 0) is 62.4 Å². The Balaban J connectivity index is 1.48. The number of hydrogen-bond acceptors (Lipinski definition) is 5. The monoisotopic (exact) mass is 714 g/mol. The van der Waals surface area contributed by atoms with Crippen LogP contribution in [0, 0.1) is 0 Å². The number of benzene rings is 4. The predicted molar refractivity (Wildman–Crippen MR) is 199 cm³/mol. The Morgan fingerprint density at radius 2 is 1.36 bits per heavy atom. The highest BCUT2D eigenvalue weighted by molar-refractivity contribution is 6.42. The van der Waals surface area contributed by atoms with Gasteiger partial charge in [0.05, 0.1) is 21.1 Å². The number of aromatic nitrogens is 2. The van der Waals surface area contributed by atoms with Gasteiger partial charge in [-0.15, -0.1) is 0 Å². The topological polar surface area (TPSA) is 94.5 Å².